The van der Waals surface area contributed by atoms with Gasteiger partial charge >= 0.3 is 0 Å². The number of nitrogens with one attached hydrogen (secondary N) is 2. The SMILES string of the molecule is CC(C)CC(=O)Nc1ccc(N2CCCN(C(=O)CC(C)C)CC2)c(C(=O)NCc2ccc(F)cc2)c1. The van der Waals surface area contributed by atoms with Crippen molar-refractivity contribution in [1.82, 2.24) is 10.2 Å². The fourth-order valence-electron chi connectivity index (χ4n) is 4.42. The lowest BCUT2D eigenvalue weighted by molar-refractivity contribution is -0.131. The summed E-state index contributed by atoms with van der Waals surface area (Å²) in [5, 5.41) is 5.83. The largest absolute Gasteiger partial charge is 0.369 e. The van der Waals surface area contributed by atoms with Gasteiger partial charge in [0, 0.05) is 56.9 Å². The van der Waals surface area contributed by atoms with Gasteiger partial charge in [0.2, 0.25) is 11.8 Å². The molecule has 3 rings (SSSR count). The lowest BCUT2D eigenvalue weighted by atomic mass is 10.1. The molecule has 1 aliphatic heterocycles. The van der Waals surface area contributed by atoms with E-state index in [9.17, 15) is 18.8 Å². The summed E-state index contributed by atoms with van der Waals surface area (Å²) in [7, 11) is 0. The van der Waals surface area contributed by atoms with E-state index < -0.39 is 0 Å². The lowest BCUT2D eigenvalue weighted by Gasteiger charge is -2.26. The number of anilines is 2. The summed E-state index contributed by atoms with van der Waals surface area (Å²) in [6.45, 7) is 10.9. The van der Waals surface area contributed by atoms with Crippen LogP contribution in [0.2, 0.25) is 0 Å². The van der Waals surface area contributed by atoms with Gasteiger partial charge in [-0.2, -0.15) is 0 Å². The van der Waals surface area contributed by atoms with Gasteiger partial charge in [-0.3, -0.25) is 14.4 Å². The van der Waals surface area contributed by atoms with Gasteiger partial charge in [0.25, 0.3) is 5.91 Å². The Morgan fingerprint density at radius 3 is 2.27 bits per heavy atom. The maximum Gasteiger partial charge on any atom is 0.253 e. The van der Waals surface area contributed by atoms with E-state index in [-0.39, 0.29) is 36.0 Å². The van der Waals surface area contributed by atoms with Crippen LogP contribution in [0.4, 0.5) is 15.8 Å². The Morgan fingerprint density at radius 1 is 0.892 bits per heavy atom. The number of hydrogen-bond donors (Lipinski definition) is 2. The third-order valence-corrected chi connectivity index (χ3v) is 6.26. The Labute approximate surface area is 219 Å². The highest BCUT2D eigenvalue weighted by Gasteiger charge is 2.23. The van der Waals surface area contributed by atoms with Crippen molar-refractivity contribution in [2.75, 3.05) is 36.4 Å². The van der Waals surface area contributed by atoms with E-state index in [1.54, 1.807) is 18.2 Å². The number of rotatable bonds is 9. The predicted molar refractivity (Wildman–Crippen MR) is 145 cm³/mol. The molecule has 1 saturated heterocycles. The molecule has 0 aromatic heterocycles. The molecule has 1 heterocycles. The van der Waals surface area contributed by atoms with E-state index in [2.05, 4.69) is 15.5 Å². The molecular weight excluding hydrogens is 471 g/mol. The summed E-state index contributed by atoms with van der Waals surface area (Å²) in [4.78, 5) is 42.4. The average Bonchev–Trinajstić information content (AvgIpc) is 3.09. The molecule has 0 unspecified atom stereocenters. The highest BCUT2D eigenvalue weighted by Crippen LogP contribution is 2.26. The van der Waals surface area contributed by atoms with Gasteiger partial charge in [-0.15, -0.1) is 0 Å². The van der Waals surface area contributed by atoms with E-state index in [1.807, 2.05) is 44.7 Å². The Kier molecular flexibility index (Phi) is 10.1. The molecule has 1 aliphatic rings. The number of amides is 3. The predicted octanol–water partition coefficient (Wildman–Crippen LogP) is 4.83. The van der Waals surface area contributed by atoms with Gasteiger partial charge in [0.15, 0.2) is 0 Å². The first-order chi connectivity index (χ1) is 17.6. The molecule has 200 valence electrons. The minimum absolute atomic E-state index is 0.102. The topological polar surface area (TPSA) is 81.8 Å². The standard InChI is InChI=1S/C29H39FN4O3/c1-20(2)16-27(35)32-24-10-11-26(33-12-5-13-34(15-14-33)28(36)17-21(3)4)25(18-24)29(37)31-19-22-6-8-23(30)9-7-22/h6-11,18,20-21H,5,12-17,19H2,1-4H3,(H,31,37)(H,32,35). The van der Waals surface area contributed by atoms with Crippen LogP contribution < -0.4 is 15.5 Å². The minimum atomic E-state index is -0.329. The second kappa shape index (κ2) is 13.2. The van der Waals surface area contributed by atoms with Crippen LogP contribution in [0.15, 0.2) is 42.5 Å². The van der Waals surface area contributed by atoms with Gasteiger partial charge in [0.05, 0.1) is 5.56 Å². The molecule has 3 amide bonds. The van der Waals surface area contributed by atoms with E-state index in [0.29, 0.717) is 56.2 Å². The molecule has 1 fully saturated rings. The molecule has 8 heteroatoms. The Balaban J connectivity index is 1.80. The molecule has 2 aromatic carbocycles. The number of carbonyl (C=O) groups is 3. The third kappa shape index (κ3) is 8.58. The van der Waals surface area contributed by atoms with E-state index in [4.69, 9.17) is 0 Å². The molecule has 2 N–H and O–H groups in total. The Hall–Kier alpha value is -3.42. The minimum Gasteiger partial charge on any atom is -0.369 e. The molecule has 0 spiro atoms. The van der Waals surface area contributed by atoms with Crippen LogP contribution in [-0.4, -0.2) is 48.8 Å². The van der Waals surface area contributed by atoms with Crippen LogP contribution in [0.5, 0.6) is 0 Å². The van der Waals surface area contributed by atoms with Crippen molar-refractivity contribution in [3.63, 3.8) is 0 Å². The Morgan fingerprint density at radius 2 is 1.59 bits per heavy atom. The first-order valence-electron chi connectivity index (χ1n) is 13.1. The smallest absolute Gasteiger partial charge is 0.253 e. The molecule has 37 heavy (non-hydrogen) atoms. The van der Waals surface area contributed by atoms with Crippen LogP contribution in [0, 0.1) is 17.7 Å². The number of halogens is 1. The van der Waals surface area contributed by atoms with Crippen molar-refractivity contribution in [3.05, 3.63) is 59.4 Å². The van der Waals surface area contributed by atoms with Gasteiger partial charge in [-0.25, -0.2) is 4.39 Å². The van der Waals surface area contributed by atoms with Gasteiger partial charge in [-0.1, -0.05) is 39.8 Å². The van der Waals surface area contributed by atoms with Crippen molar-refractivity contribution in [1.29, 1.82) is 0 Å². The second-order valence-corrected chi connectivity index (χ2v) is 10.5. The molecule has 0 aliphatic carbocycles. The molecule has 0 bridgehead atoms. The van der Waals surface area contributed by atoms with Gasteiger partial charge < -0.3 is 20.4 Å². The molecule has 7 nitrogen and oxygen atoms in total. The highest BCUT2D eigenvalue weighted by atomic mass is 19.1. The monoisotopic (exact) mass is 510 g/mol. The first-order valence-corrected chi connectivity index (χ1v) is 13.1. The number of carbonyl (C=O) groups excluding carboxylic acids is 3. The molecule has 0 radical (unpaired) electrons. The molecule has 0 saturated carbocycles. The normalized spacial score (nSPS) is 14.0. The fraction of sp³-hybridized carbons (Fsp3) is 0.483. The number of hydrogen-bond acceptors (Lipinski definition) is 4. The van der Waals surface area contributed by atoms with Crippen molar-refractivity contribution < 1.29 is 18.8 Å². The zero-order valence-electron chi connectivity index (χ0n) is 22.4. The van der Waals surface area contributed by atoms with Gasteiger partial charge in [-0.05, 0) is 54.2 Å². The summed E-state index contributed by atoms with van der Waals surface area (Å²) in [6.07, 6.45) is 1.72. The van der Waals surface area contributed by atoms with E-state index in [0.717, 1.165) is 17.7 Å². The first kappa shape index (κ1) is 28.2. The van der Waals surface area contributed by atoms with Gasteiger partial charge in [0.1, 0.15) is 5.82 Å². The van der Waals surface area contributed by atoms with Crippen molar-refractivity contribution in [2.24, 2.45) is 11.8 Å². The van der Waals surface area contributed by atoms with Crippen LogP contribution in [0.1, 0.15) is 62.9 Å². The Bertz CT molecular complexity index is 1090. The van der Waals surface area contributed by atoms with Crippen LogP contribution in [0.25, 0.3) is 0 Å². The summed E-state index contributed by atoms with van der Waals surface area (Å²) in [6, 6.07) is 11.4. The zero-order chi connectivity index (χ0) is 26.9. The summed E-state index contributed by atoms with van der Waals surface area (Å²) in [5.74, 6) is -0.0229. The second-order valence-electron chi connectivity index (χ2n) is 10.5. The summed E-state index contributed by atoms with van der Waals surface area (Å²) in [5.41, 5.74) is 2.56. The molecule has 2 aromatic rings. The van der Waals surface area contributed by atoms with Crippen molar-refractivity contribution in [3.8, 4) is 0 Å². The highest BCUT2D eigenvalue weighted by molar-refractivity contribution is 6.02. The van der Waals surface area contributed by atoms with Crippen molar-refractivity contribution in [2.45, 2.75) is 53.5 Å². The third-order valence-electron chi connectivity index (χ3n) is 6.26. The maximum absolute atomic E-state index is 13.4. The molecular formula is C29H39FN4O3. The van der Waals surface area contributed by atoms with Crippen LogP contribution >= 0.6 is 0 Å². The summed E-state index contributed by atoms with van der Waals surface area (Å²) < 4.78 is 13.3. The fourth-order valence-corrected chi connectivity index (χ4v) is 4.42. The van der Waals surface area contributed by atoms with Crippen LogP contribution in [-0.2, 0) is 16.1 Å². The average molecular weight is 511 g/mol. The maximum atomic E-state index is 13.4. The number of benzene rings is 2. The van der Waals surface area contributed by atoms with Crippen molar-refractivity contribution >= 4 is 29.1 Å². The van der Waals surface area contributed by atoms with E-state index in [1.165, 1.54) is 12.1 Å². The van der Waals surface area contributed by atoms with E-state index >= 15 is 0 Å². The lowest BCUT2D eigenvalue weighted by Crippen LogP contribution is -2.36. The van der Waals surface area contributed by atoms with Crippen LogP contribution in [0.3, 0.4) is 0 Å². The number of nitrogens with zero attached hydrogens (tertiary/aromatic N) is 2. The molecule has 0 atom stereocenters. The summed E-state index contributed by atoms with van der Waals surface area (Å²) >= 11 is 0. The quantitative estimate of drug-likeness (QED) is 0.507. The zero-order valence-corrected chi connectivity index (χ0v) is 22.4.